The van der Waals surface area contributed by atoms with Crippen molar-refractivity contribution in [1.29, 1.82) is 0 Å². The zero-order chi connectivity index (χ0) is 20.1. The third-order valence-corrected chi connectivity index (χ3v) is 4.16. The number of hydrogen-bond acceptors (Lipinski definition) is 4. The highest BCUT2D eigenvalue weighted by atomic mass is 19.3. The molecular formula is C20H19F2N3O3. The molecule has 2 aromatic carbocycles. The van der Waals surface area contributed by atoms with E-state index in [9.17, 15) is 13.6 Å². The number of amides is 1. The zero-order valence-corrected chi connectivity index (χ0v) is 15.4. The Balaban J connectivity index is 1.72. The molecule has 1 amide bonds. The fourth-order valence-electron chi connectivity index (χ4n) is 2.75. The molecule has 0 spiro atoms. The molecule has 1 aromatic heterocycles. The topological polar surface area (TPSA) is 67.5 Å². The number of halogens is 2. The molecule has 0 aliphatic carbocycles. The van der Waals surface area contributed by atoms with Gasteiger partial charge < -0.3 is 14.4 Å². The smallest absolute Gasteiger partial charge is 0.387 e. The summed E-state index contributed by atoms with van der Waals surface area (Å²) < 4.78 is 33.9. The third-order valence-electron chi connectivity index (χ3n) is 4.16. The van der Waals surface area contributed by atoms with Crippen LogP contribution in [0, 0.1) is 0 Å². The van der Waals surface area contributed by atoms with Crippen molar-refractivity contribution >= 4 is 5.91 Å². The van der Waals surface area contributed by atoms with E-state index >= 15 is 0 Å². The number of rotatable bonds is 7. The standard InChI is InChI=1S/C20H19F2N3O3/c1-25(12-13-3-7-16(8-4-13)28-20(21)22)19(26)17-11-23-24-18(17)14-5-9-15(27-2)10-6-14/h3-11,20H,12H2,1-2H3,(H,23,24). The first kappa shape index (κ1) is 19.3. The predicted octanol–water partition coefficient (Wildman–Crippen LogP) is 3.96. The van der Waals surface area contributed by atoms with E-state index in [2.05, 4.69) is 14.9 Å². The molecule has 0 fully saturated rings. The maximum absolute atomic E-state index is 12.9. The molecule has 0 bridgehead atoms. The second kappa shape index (κ2) is 8.51. The lowest BCUT2D eigenvalue weighted by Crippen LogP contribution is -2.26. The highest BCUT2D eigenvalue weighted by Crippen LogP contribution is 2.25. The van der Waals surface area contributed by atoms with E-state index < -0.39 is 6.61 Å². The van der Waals surface area contributed by atoms with Gasteiger partial charge in [0.05, 0.1) is 24.6 Å². The quantitative estimate of drug-likeness (QED) is 0.666. The number of ether oxygens (including phenoxy) is 2. The van der Waals surface area contributed by atoms with Crippen molar-refractivity contribution in [3.8, 4) is 22.8 Å². The van der Waals surface area contributed by atoms with Crippen LogP contribution in [0.2, 0.25) is 0 Å². The minimum Gasteiger partial charge on any atom is -0.497 e. The van der Waals surface area contributed by atoms with Crippen molar-refractivity contribution in [2.75, 3.05) is 14.2 Å². The summed E-state index contributed by atoms with van der Waals surface area (Å²) >= 11 is 0. The van der Waals surface area contributed by atoms with Crippen LogP contribution in [0.25, 0.3) is 11.3 Å². The van der Waals surface area contributed by atoms with Crippen LogP contribution < -0.4 is 9.47 Å². The van der Waals surface area contributed by atoms with Gasteiger partial charge in [0.2, 0.25) is 0 Å². The molecule has 0 atom stereocenters. The summed E-state index contributed by atoms with van der Waals surface area (Å²) in [5.74, 6) is 0.573. The van der Waals surface area contributed by atoms with Gasteiger partial charge in [-0.25, -0.2) is 0 Å². The predicted molar refractivity (Wildman–Crippen MR) is 99.4 cm³/mol. The van der Waals surface area contributed by atoms with Crippen LogP contribution in [-0.4, -0.2) is 41.8 Å². The Hall–Kier alpha value is -3.42. The molecule has 8 heteroatoms. The van der Waals surface area contributed by atoms with Crippen LogP contribution in [0.1, 0.15) is 15.9 Å². The molecule has 0 saturated heterocycles. The number of nitrogens with zero attached hydrogens (tertiary/aromatic N) is 2. The van der Waals surface area contributed by atoms with Gasteiger partial charge in [0.15, 0.2) is 0 Å². The molecule has 3 rings (SSSR count). The Labute approximate surface area is 160 Å². The number of benzene rings is 2. The second-order valence-electron chi connectivity index (χ2n) is 6.07. The fourth-order valence-corrected chi connectivity index (χ4v) is 2.75. The molecule has 1 N–H and O–H groups in total. The first-order valence-electron chi connectivity index (χ1n) is 8.45. The van der Waals surface area contributed by atoms with Crippen LogP contribution in [-0.2, 0) is 6.54 Å². The fraction of sp³-hybridized carbons (Fsp3) is 0.200. The summed E-state index contributed by atoms with van der Waals surface area (Å²) in [6, 6.07) is 13.5. The number of aromatic nitrogens is 2. The van der Waals surface area contributed by atoms with Crippen LogP contribution in [0.15, 0.2) is 54.7 Å². The maximum Gasteiger partial charge on any atom is 0.387 e. The molecular weight excluding hydrogens is 368 g/mol. The summed E-state index contributed by atoms with van der Waals surface area (Å²) in [6.45, 7) is -2.56. The lowest BCUT2D eigenvalue weighted by Gasteiger charge is -2.17. The van der Waals surface area contributed by atoms with Gasteiger partial charge in [-0.2, -0.15) is 13.9 Å². The van der Waals surface area contributed by atoms with Crippen molar-refractivity contribution in [1.82, 2.24) is 15.1 Å². The highest BCUT2D eigenvalue weighted by Gasteiger charge is 2.19. The third kappa shape index (κ3) is 4.46. The van der Waals surface area contributed by atoms with Crippen LogP contribution >= 0.6 is 0 Å². The Morgan fingerprint density at radius 1 is 1.11 bits per heavy atom. The van der Waals surface area contributed by atoms with E-state index in [1.165, 1.54) is 23.2 Å². The molecule has 0 aliphatic rings. The number of carbonyl (C=O) groups excluding carboxylic acids is 1. The Kier molecular flexibility index (Phi) is 5.88. The molecule has 3 aromatic rings. The summed E-state index contributed by atoms with van der Waals surface area (Å²) in [6.07, 6.45) is 1.48. The number of alkyl halides is 2. The average Bonchev–Trinajstić information content (AvgIpc) is 3.18. The van der Waals surface area contributed by atoms with Crippen molar-refractivity contribution in [2.45, 2.75) is 13.2 Å². The van der Waals surface area contributed by atoms with Crippen molar-refractivity contribution in [3.63, 3.8) is 0 Å². The first-order valence-corrected chi connectivity index (χ1v) is 8.45. The van der Waals surface area contributed by atoms with Crippen LogP contribution in [0.5, 0.6) is 11.5 Å². The number of nitrogens with one attached hydrogen (secondary N) is 1. The summed E-state index contributed by atoms with van der Waals surface area (Å²) in [4.78, 5) is 14.4. The molecule has 0 unspecified atom stereocenters. The van der Waals surface area contributed by atoms with Crippen molar-refractivity contribution in [2.24, 2.45) is 0 Å². The summed E-state index contributed by atoms with van der Waals surface area (Å²) in [7, 11) is 3.25. The Morgan fingerprint density at radius 2 is 1.75 bits per heavy atom. The molecule has 28 heavy (non-hydrogen) atoms. The van der Waals surface area contributed by atoms with Gasteiger partial charge >= 0.3 is 6.61 Å². The zero-order valence-electron chi connectivity index (χ0n) is 15.4. The van der Waals surface area contributed by atoms with E-state index in [0.717, 1.165) is 11.1 Å². The normalized spacial score (nSPS) is 10.8. The number of hydrogen-bond donors (Lipinski definition) is 1. The highest BCUT2D eigenvalue weighted by molar-refractivity contribution is 5.99. The van der Waals surface area contributed by atoms with E-state index in [1.807, 2.05) is 12.1 Å². The number of carbonyl (C=O) groups is 1. The van der Waals surface area contributed by atoms with Crippen LogP contribution in [0.4, 0.5) is 8.78 Å². The minimum absolute atomic E-state index is 0.0735. The van der Waals surface area contributed by atoms with Gasteiger partial charge in [-0.15, -0.1) is 0 Å². The van der Waals surface area contributed by atoms with Gasteiger partial charge in [-0.1, -0.05) is 12.1 Å². The molecule has 0 radical (unpaired) electrons. The van der Waals surface area contributed by atoms with Gasteiger partial charge in [-0.05, 0) is 42.0 Å². The number of H-pyrrole nitrogens is 1. The van der Waals surface area contributed by atoms with Gasteiger partial charge in [0.1, 0.15) is 11.5 Å². The Morgan fingerprint density at radius 3 is 2.36 bits per heavy atom. The van der Waals surface area contributed by atoms with Crippen molar-refractivity contribution in [3.05, 3.63) is 65.9 Å². The van der Waals surface area contributed by atoms with E-state index in [-0.39, 0.29) is 11.7 Å². The Bertz CT molecular complexity index is 925. The second-order valence-corrected chi connectivity index (χ2v) is 6.07. The number of aromatic amines is 1. The van der Waals surface area contributed by atoms with Gasteiger partial charge in [-0.3, -0.25) is 9.89 Å². The summed E-state index contributed by atoms with van der Waals surface area (Å²) in [5, 5.41) is 6.86. The monoisotopic (exact) mass is 387 g/mol. The van der Waals surface area contributed by atoms with Crippen LogP contribution in [0.3, 0.4) is 0 Å². The average molecular weight is 387 g/mol. The maximum atomic E-state index is 12.9. The largest absolute Gasteiger partial charge is 0.497 e. The molecule has 6 nitrogen and oxygen atoms in total. The SMILES string of the molecule is COc1ccc(-c2[nH]ncc2C(=O)N(C)Cc2ccc(OC(F)F)cc2)cc1. The van der Waals surface area contributed by atoms with Crippen molar-refractivity contribution < 1.29 is 23.0 Å². The molecule has 146 valence electrons. The lowest BCUT2D eigenvalue weighted by atomic mass is 10.1. The number of methoxy groups -OCH3 is 1. The minimum atomic E-state index is -2.87. The van der Waals surface area contributed by atoms with E-state index in [0.29, 0.717) is 23.6 Å². The van der Waals surface area contributed by atoms with E-state index in [1.54, 1.807) is 38.4 Å². The molecule has 0 aliphatic heterocycles. The first-order chi connectivity index (χ1) is 13.5. The molecule has 1 heterocycles. The lowest BCUT2D eigenvalue weighted by molar-refractivity contribution is -0.0498. The summed E-state index contributed by atoms with van der Waals surface area (Å²) in [5.41, 5.74) is 2.64. The molecule has 0 saturated carbocycles. The van der Waals surface area contributed by atoms with Gasteiger partial charge in [0, 0.05) is 19.2 Å². The van der Waals surface area contributed by atoms with E-state index in [4.69, 9.17) is 4.74 Å². The van der Waals surface area contributed by atoms with Gasteiger partial charge in [0.25, 0.3) is 5.91 Å².